The molecule has 0 atom stereocenters. The fraction of sp³-hybridized carbons (Fsp3) is 0.286. The maximum atomic E-state index is 12.1. The minimum Gasteiger partial charge on any atom is -0.486 e. The van der Waals surface area contributed by atoms with Gasteiger partial charge < -0.3 is 19.5 Å². The number of aromatic nitrogens is 2. The molecule has 0 saturated carbocycles. The lowest BCUT2D eigenvalue weighted by molar-refractivity contribution is 0.101. The third-order valence-corrected chi connectivity index (χ3v) is 2.93. The third kappa shape index (κ3) is 2.97. The number of rotatable bonds is 4. The average molecular weight is 289 g/mol. The van der Waals surface area contributed by atoms with Crippen LogP contribution >= 0.6 is 0 Å². The highest BCUT2D eigenvalue weighted by atomic mass is 16.6. The van der Waals surface area contributed by atoms with E-state index in [-0.39, 0.29) is 5.91 Å². The number of hydrogen-bond donors (Lipinski definition) is 1. The van der Waals surface area contributed by atoms with E-state index >= 15 is 0 Å². The highest BCUT2D eigenvalue weighted by Gasteiger charge is 2.14. The summed E-state index contributed by atoms with van der Waals surface area (Å²) in [7, 11) is 1.57. The Hall–Kier alpha value is -2.54. The highest BCUT2D eigenvalue weighted by molar-refractivity contribution is 6.02. The monoisotopic (exact) mass is 289 g/mol. The predicted molar refractivity (Wildman–Crippen MR) is 74.6 cm³/mol. The fourth-order valence-corrected chi connectivity index (χ4v) is 2.00. The van der Waals surface area contributed by atoms with Crippen LogP contribution in [0.3, 0.4) is 0 Å². The number of hydrogen-bond acceptors (Lipinski definition) is 5. The first-order valence-electron chi connectivity index (χ1n) is 6.49. The van der Waals surface area contributed by atoms with Crippen molar-refractivity contribution < 1.29 is 19.0 Å². The largest absolute Gasteiger partial charge is 0.486 e. The van der Waals surface area contributed by atoms with Crippen molar-refractivity contribution in [3.05, 3.63) is 36.2 Å². The van der Waals surface area contributed by atoms with Gasteiger partial charge in [0.2, 0.25) is 0 Å². The van der Waals surface area contributed by atoms with Crippen molar-refractivity contribution in [3.63, 3.8) is 0 Å². The molecule has 21 heavy (non-hydrogen) atoms. The Bertz CT molecular complexity index is 653. The predicted octanol–water partition coefficient (Wildman–Crippen LogP) is 1.51. The second-order valence-corrected chi connectivity index (χ2v) is 4.47. The summed E-state index contributed by atoms with van der Waals surface area (Å²) < 4.78 is 17.4. The number of benzene rings is 1. The van der Waals surface area contributed by atoms with Crippen LogP contribution in [-0.4, -0.2) is 36.0 Å². The average Bonchev–Trinajstić information content (AvgIpc) is 2.96. The molecule has 0 spiro atoms. The topological polar surface area (TPSA) is 74.6 Å². The van der Waals surface area contributed by atoms with Gasteiger partial charge in [0.1, 0.15) is 19.9 Å². The van der Waals surface area contributed by atoms with Gasteiger partial charge >= 0.3 is 0 Å². The zero-order valence-corrected chi connectivity index (χ0v) is 11.5. The molecule has 1 N–H and O–H groups in total. The molecule has 1 aliphatic rings. The molecule has 3 rings (SSSR count). The van der Waals surface area contributed by atoms with E-state index in [9.17, 15) is 4.79 Å². The SMILES string of the molecule is COCn1ccc(C(=O)Nc2ccc3c(c2)OCCO3)n1. The van der Waals surface area contributed by atoms with Crippen LogP contribution in [0.15, 0.2) is 30.5 Å². The molecule has 1 amide bonds. The Labute approximate surface area is 121 Å². The lowest BCUT2D eigenvalue weighted by atomic mass is 10.2. The molecule has 0 radical (unpaired) electrons. The van der Waals surface area contributed by atoms with Crippen molar-refractivity contribution in [1.82, 2.24) is 9.78 Å². The molecule has 7 heteroatoms. The van der Waals surface area contributed by atoms with E-state index in [1.807, 2.05) is 0 Å². The zero-order valence-electron chi connectivity index (χ0n) is 11.5. The maximum absolute atomic E-state index is 12.1. The Balaban J connectivity index is 1.71. The van der Waals surface area contributed by atoms with E-state index in [0.29, 0.717) is 42.8 Å². The molecule has 7 nitrogen and oxygen atoms in total. The molecule has 1 aliphatic heterocycles. The summed E-state index contributed by atoms with van der Waals surface area (Å²) >= 11 is 0. The zero-order chi connectivity index (χ0) is 14.7. The van der Waals surface area contributed by atoms with Gasteiger partial charge in [-0.05, 0) is 18.2 Å². The van der Waals surface area contributed by atoms with Crippen molar-refractivity contribution in [2.45, 2.75) is 6.73 Å². The number of methoxy groups -OCH3 is 1. The summed E-state index contributed by atoms with van der Waals surface area (Å²) in [6, 6.07) is 6.90. The molecular formula is C14H15N3O4. The van der Waals surface area contributed by atoms with E-state index in [1.165, 1.54) is 0 Å². The van der Waals surface area contributed by atoms with Gasteiger partial charge in [-0.15, -0.1) is 0 Å². The van der Waals surface area contributed by atoms with Crippen molar-refractivity contribution >= 4 is 11.6 Å². The minimum atomic E-state index is -0.290. The summed E-state index contributed by atoms with van der Waals surface area (Å²) in [5, 5.41) is 6.88. The molecule has 0 unspecified atom stereocenters. The van der Waals surface area contributed by atoms with Crippen LogP contribution in [0.1, 0.15) is 10.5 Å². The number of carbonyl (C=O) groups excluding carboxylic acids is 1. The van der Waals surface area contributed by atoms with E-state index in [0.717, 1.165) is 0 Å². The first-order valence-corrected chi connectivity index (χ1v) is 6.49. The van der Waals surface area contributed by atoms with Crippen molar-refractivity contribution in [1.29, 1.82) is 0 Å². The van der Waals surface area contributed by atoms with Crippen LogP contribution < -0.4 is 14.8 Å². The summed E-state index contributed by atoms with van der Waals surface area (Å²) in [5.74, 6) is 1.02. The van der Waals surface area contributed by atoms with E-state index in [1.54, 1.807) is 42.3 Å². The van der Waals surface area contributed by atoms with Gasteiger partial charge in [-0.2, -0.15) is 5.10 Å². The number of nitrogens with zero attached hydrogens (tertiary/aromatic N) is 2. The molecule has 2 heterocycles. The van der Waals surface area contributed by atoms with Crippen LogP contribution in [-0.2, 0) is 11.5 Å². The molecule has 1 aromatic heterocycles. The molecule has 0 aliphatic carbocycles. The van der Waals surface area contributed by atoms with Crippen molar-refractivity contribution in [2.75, 3.05) is 25.6 Å². The van der Waals surface area contributed by atoms with Crippen molar-refractivity contribution in [2.24, 2.45) is 0 Å². The minimum absolute atomic E-state index is 0.290. The smallest absolute Gasteiger partial charge is 0.276 e. The maximum Gasteiger partial charge on any atom is 0.276 e. The molecule has 0 fully saturated rings. The number of ether oxygens (including phenoxy) is 3. The molecule has 2 aromatic rings. The summed E-state index contributed by atoms with van der Waals surface area (Å²) in [6.07, 6.45) is 1.68. The lowest BCUT2D eigenvalue weighted by Crippen LogP contribution is -2.17. The first kappa shape index (κ1) is 13.4. The molecule has 110 valence electrons. The van der Waals surface area contributed by atoms with Crippen LogP contribution in [0.25, 0.3) is 0 Å². The van der Waals surface area contributed by atoms with Gasteiger partial charge in [-0.1, -0.05) is 0 Å². The van der Waals surface area contributed by atoms with Gasteiger partial charge in [0.05, 0.1) is 0 Å². The number of amides is 1. The van der Waals surface area contributed by atoms with Gasteiger partial charge in [0, 0.05) is 25.1 Å². The Morgan fingerprint density at radius 2 is 2.14 bits per heavy atom. The van der Waals surface area contributed by atoms with Crippen LogP contribution in [0.4, 0.5) is 5.69 Å². The fourth-order valence-electron chi connectivity index (χ4n) is 2.00. The standard InChI is InChI=1S/C14H15N3O4/c1-19-9-17-5-4-11(16-17)14(18)15-10-2-3-12-13(8-10)21-7-6-20-12/h2-5,8H,6-7,9H2,1H3,(H,15,18). The van der Waals surface area contributed by atoms with Gasteiger partial charge in [-0.3, -0.25) is 4.79 Å². The van der Waals surface area contributed by atoms with Crippen LogP contribution in [0.5, 0.6) is 11.5 Å². The van der Waals surface area contributed by atoms with E-state index in [4.69, 9.17) is 14.2 Å². The quantitative estimate of drug-likeness (QED) is 0.923. The second-order valence-electron chi connectivity index (χ2n) is 4.47. The van der Waals surface area contributed by atoms with Gasteiger partial charge in [0.15, 0.2) is 17.2 Å². The normalized spacial score (nSPS) is 13.0. The second kappa shape index (κ2) is 5.84. The number of fused-ring (bicyclic) bond motifs is 1. The number of nitrogens with one attached hydrogen (secondary N) is 1. The summed E-state index contributed by atoms with van der Waals surface area (Å²) in [6.45, 7) is 1.35. The van der Waals surface area contributed by atoms with Crippen LogP contribution in [0, 0.1) is 0 Å². The molecular weight excluding hydrogens is 274 g/mol. The van der Waals surface area contributed by atoms with Crippen molar-refractivity contribution in [3.8, 4) is 11.5 Å². The molecule has 0 saturated heterocycles. The Morgan fingerprint density at radius 1 is 1.33 bits per heavy atom. The molecule has 1 aromatic carbocycles. The summed E-state index contributed by atoms with van der Waals surface area (Å²) in [4.78, 5) is 12.1. The van der Waals surface area contributed by atoms with E-state index in [2.05, 4.69) is 10.4 Å². The van der Waals surface area contributed by atoms with Gasteiger partial charge in [0.25, 0.3) is 5.91 Å². The van der Waals surface area contributed by atoms with Gasteiger partial charge in [-0.25, -0.2) is 4.68 Å². The molecule has 0 bridgehead atoms. The Kier molecular flexibility index (Phi) is 3.74. The first-order chi connectivity index (χ1) is 10.3. The third-order valence-electron chi connectivity index (χ3n) is 2.93. The van der Waals surface area contributed by atoms with E-state index < -0.39 is 0 Å². The number of carbonyl (C=O) groups is 1. The van der Waals surface area contributed by atoms with Crippen LogP contribution in [0.2, 0.25) is 0 Å². The number of anilines is 1. The Morgan fingerprint density at radius 3 is 2.95 bits per heavy atom. The lowest BCUT2D eigenvalue weighted by Gasteiger charge is -2.18. The summed E-state index contributed by atoms with van der Waals surface area (Å²) in [5.41, 5.74) is 0.951. The highest BCUT2D eigenvalue weighted by Crippen LogP contribution is 2.32.